The Hall–Kier alpha value is -6.26. The number of aromatic nitrogens is 4. The number of alkyl carbamates (subject to hydrolysis) is 2. The number of imidazole rings is 2. The molecule has 2 aliphatic carbocycles. The first-order valence-electron chi connectivity index (χ1n) is 24.4. The molecule has 3 aromatic carbocycles. The Balaban J connectivity index is 0.780. The predicted octanol–water partition coefficient (Wildman–Crippen LogP) is 7.70. The number of fused-ring (bicyclic) bond motifs is 3. The molecule has 356 valence electrons. The van der Waals surface area contributed by atoms with Crippen molar-refractivity contribution in [3.05, 3.63) is 84.7 Å². The molecule has 4 aliphatic heterocycles. The van der Waals surface area contributed by atoms with E-state index >= 15 is 0 Å². The summed E-state index contributed by atoms with van der Waals surface area (Å²) < 4.78 is 21.0. The highest BCUT2D eigenvalue weighted by molar-refractivity contribution is 5.91. The van der Waals surface area contributed by atoms with E-state index in [-0.39, 0.29) is 47.2 Å². The summed E-state index contributed by atoms with van der Waals surface area (Å²) in [7, 11) is 2.65. The Kier molecular flexibility index (Phi) is 11.9. The van der Waals surface area contributed by atoms with Gasteiger partial charge in [-0.25, -0.2) is 19.6 Å². The normalized spacial score (nSPS) is 24.3. The van der Waals surface area contributed by atoms with E-state index in [1.807, 2.05) is 22.2 Å². The summed E-state index contributed by atoms with van der Waals surface area (Å²) in [6, 6.07) is 19.7. The van der Waals surface area contributed by atoms with Crippen molar-refractivity contribution in [2.24, 2.45) is 23.2 Å². The van der Waals surface area contributed by atoms with E-state index < -0.39 is 24.3 Å². The summed E-state index contributed by atoms with van der Waals surface area (Å²) in [5, 5.41) is 7.96. The maximum atomic E-state index is 14.4. The first-order chi connectivity index (χ1) is 33.2. The molecule has 4 amide bonds. The van der Waals surface area contributed by atoms with Crippen molar-refractivity contribution < 1.29 is 38.1 Å². The second-order valence-electron chi connectivity index (χ2n) is 19.9. The molecule has 2 aromatic heterocycles. The molecule has 0 unspecified atom stereocenters. The third kappa shape index (κ3) is 8.50. The van der Waals surface area contributed by atoms with Crippen LogP contribution >= 0.6 is 0 Å². The lowest BCUT2D eigenvalue weighted by Crippen LogP contribution is -2.55. The number of carbonyl (C=O) groups is 4. The first kappa shape index (κ1) is 44.3. The van der Waals surface area contributed by atoms with E-state index in [4.69, 9.17) is 28.9 Å². The highest BCUT2D eigenvalue weighted by Gasteiger charge is 2.56. The molecular formula is C52H60N8O8. The van der Waals surface area contributed by atoms with E-state index in [1.165, 1.54) is 14.2 Å². The van der Waals surface area contributed by atoms with Gasteiger partial charge in [-0.15, -0.1) is 0 Å². The maximum absolute atomic E-state index is 14.4. The van der Waals surface area contributed by atoms with Crippen LogP contribution in [-0.4, -0.2) is 119 Å². The van der Waals surface area contributed by atoms with E-state index in [0.29, 0.717) is 64.6 Å². The standard InChI is InChI=1S/C52H60N8O8/c1-65-50(63)57-43(32-13-19-67-20-14-32)48(61)59-29-52(17-18-52)26-42(59)46-53-28-41(55-46)37-10-9-35-23-34(7-8-36(35)24-37)30-3-5-31(6-4-30)40-27-54-47(56-40)45-38-11-12-39(25-38)60(45)49(62)44(58-51(64)66-2)33-15-21-68-22-16-33/h3-10,23-24,27-28,32-33,38-39,42-45H,11-22,25-26,29H2,1-2H3,(H,53,55)(H,54,56)(H,57,63)(H,58,64)/t38-,39+,42-,43-,44-,45-/m0/s1. The van der Waals surface area contributed by atoms with Gasteiger partial charge in [-0.3, -0.25) is 9.59 Å². The van der Waals surface area contributed by atoms with Crippen molar-refractivity contribution in [1.82, 2.24) is 40.4 Å². The van der Waals surface area contributed by atoms with Gasteiger partial charge in [0.05, 0.1) is 50.1 Å². The molecule has 6 heterocycles. The maximum Gasteiger partial charge on any atom is 0.407 e. The van der Waals surface area contributed by atoms with E-state index in [9.17, 15) is 19.2 Å². The zero-order chi connectivity index (χ0) is 46.5. The van der Waals surface area contributed by atoms with Crippen LogP contribution in [0, 0.1) is 23.2 Å². The summed E-state index contributed by atoms with van der Waals surface area (Å²) >= 11 is 0. The summed E-state index contributed by atoms with van der Waals surface area (Å²) in [6.07, 6.45) is 11.2. The monoisotopic (exact) mass is 924 g/mol. The SMILES string of the molecule is COC(=O)N[C@H](C(=O)N1CC2(CC2)C[C@H]1c1ncc(-c2ccc3cc(-c4ccc(-c5cnc([C@@H]6[C@H]7CC[C@H](C7)N6C(=O)[C@@H](NC(=O)OC)C6CCOCC6)[nH]5)cc4)ccc3c2)[nH]1)C1CCOCC1. The summed E-state index contributed by atoms with van der Waals surface area (Å²) in [5.41, 5.74) is 6.07. The molecular weight excluding hydrogens is 865 g/mol. The lowest BCUT2D eigenvalue weighted by atomic mass is 9.89. The van der Waals surface area contributed by atoms with Gasteiger partial charge in [0.1, 0.15) is 23.7 Å². The van der Waals surface area contributed by atoms with Gasteiger partial charge in [-0.1, -0.05) is 48.5 Å². The molecule has 0 radical (unpaired) electrons. The van der Waals surface area contributed by atoms with Gasteiger partial charge in [0.25, 0.3) is 0 Å². The Morgan fingerprint density at radius 1 is 0.676 bits per heavy atom. The Morgan fingerprint density at radius 2 is 1.22 bits per heavy atom. The molecule has 16 nitrogen and oxygen atoms in total. The number of amides is 4. The van der Waals surface area contributed by atoms with Crippen molar-refractivity contribution in [2.75, 3.05) is 47.2 Å². The zero-order valence-electron chi connectivity index (χ0n) is 38.7. The van der Waals surface area contributed by atoms with Gasteiger partial charge in [0, 0.05) is 44.6 Å². The Morgan fingerprint density at radius 3 is 1.85 bits per heavy atom. The fourth-order valence-electron chi connectivity index (χ4n) is 12.0. The number of hydrogen-bond acceptors (Lipinski definition) is 10. The number of aromatic amines is 2. The number of carbonyl (C=O) groups excluding carboxylic acids is 4. The number of H-pyrrole nitrogens is 2. The van der Waals surface area contributed by atoms with Crippen LogP contribution in [0.5, 0.6) is 0 Å². The fourth-order valence-corrected chi connectivity index (χ4v) is 12.0. The molecule has 6 atom stereocenters. The topological polar surface area (TPSA) is 193 Å². The minimum Gasteiger partial charge on any atom is -0.453 e. The number of nitrogens with one attached hydrogen (secondary N) is 4. The van der Waals surface area contributed by atoms with Crippen molar-refractivity contribution in [1.29, 1.82) is 0 Å². The summed E-state index contributed by atoms with van der Waals surface area (Å²) in [5.74, 6) is 1.64. The third-order valence-electron chi connectivity index (χ3n) is 16.0. The average molecular weight is 925 g/mol. The van der Waals surface area contributed by atoms with Crippen molar-refractivity contribution in [2.45, 2.75) is 94.4 Å². The molecule has 1 spiro atoms. The Labute approximate surface area is 395 Å². The van der Waals surface area contributed by atoms with Gasteiger partial charge in [-0.2, -0.15) is 0 Å². The fraction of sp³-hybridized carbons (Fsp3) is 0.500. The molecule has 4 saturated heterocycles. The minimum atomic E-state index is -0.685. The summed E-state index contributed by atoms with van der Waals surface area (Å²) in [6.45, 7) is 2.91. The highest BCUT2D eigenvalue weighted by Crippen LogP contribution is 2.58. The molecule has 2 saturated carbocycles. The zero-order valence-corrected chi connectivity index (χ0v) is 38.7. The number of benzene rings is 3. The van der Waals surface area contributed by atoms with E-state index in [2.05, 4.69) is 81.3 Å². The van der Waals surface area contributed by atoms with Gasteiger partial charge >= 0.3 is 12.2 Å². The quantitative estimate of drug-likeness (QED) is 0.102. The van der Waals surface area contributed by atoms with Crippen LogP contribution in [0.3, 0.4) is 0 Å². The van der Waals surface area contributed by atoms with Gasteiger partial charge in [-0.05, 0) is 127 Å². The number of hydrogen-bond donors (Lipinski definition) is 4. The smallest absolute Gasteiger partial charge is 0.407 e. The number of rotatable bonds is 11. The lowest BCUT2D eigenvalue weighted by molar-refractivity contribution is -0.140. The number of nitrogens with zero attached hydrogens (tertiary/aromatic N) is 4. The van der Waals surface area contributed by atoms with Crippen molar-refractivity contribution in [3.63, 3.8) is 0 Å². The van der Waals surface area contributed by atoms with Gasteiger partial charge < -0.3 is 49.3 Å². The van der Waals surface area contributed by atoms with Gasteiger partial charge in [0.15, 0.2) is 0 Å². The Bertz CT molecular complexity index is 2680. The predicted molar refractivity (Wildman–Crippen MR) is 252 cm³/mol. The van der Waals surface area contributed by atoms with Crippen molar-refractivity contribution >= 4 is 34.8 Å². The van der Waals surface area contributed by atoms with E-state index in [0.717, 1.165) is 94.6 Å². The molecule has 5 aromatic rings. The highest BCUT2D eigenvalue weighted by atomic mass is 16.5. The second kappa shape index (κ2) is 18.3. The number of likely N-dealkylation sites (tertiary alicyclic amines) is 2. The van der Waals surface area contributed by atoms with Gasteiger partial charge in [0.2, 0.25) is 11.8 Å². The number of piperidine rings is 1. The van der Waals surface area contributed by atoms with Crippen molar-refractivity contribution in [3.8, 4) is 33.6 Å². The second-order valence-corrected chi connectivity index (χ2v) is 19.9. The third-order valence-corrected chi connectivity index (χ3v) is 16.0. The molecule has 16 heteroatoms. The molecule has 11 rings (SSSR count). The molecule has 68 heavy (non-hydrogen) atoms. The molecule has 2 bridgehead atoms. The van der Waals surface area contributed by atoms with Crippen LogP contribution in [0.15, 0.2) is 73.1 Å². The number of methoxy groups -OCH3 is 2. The van der Waals surface area contributed by atoms with Crippen LogP contribution in [0.1, 0.15) is 87.9 Å². The van der Waals surface area contributed by atoms with Crippen LogP contribution in [0.2, 0.25) is 0 Å². The number of ether oxygens (including phenoxy) is 4. The molecule has 6 fully saturated rings. The van der Waals surface area contributed by atoms with Crippen LogP contribution < -0.4 is 10.6 Å². The van der Waals surface area contributed by atoms with Crippen LogP contribution in [0.25, 0.3) is 44.4 Å². The van der Waals surface area contributed by atoms with E-state index in [1.54, 1.807) is 0 Å². The largest absolute Gasteiger partial charge is 0.453 e. The molecule has 4 N–H and O–H groups in total. The average Bonchev–Trinajstić information content (AvgIpc) is 4.03. The van der Waals surface area contributed by atoms with Crippen LogP contribution in [0.4, 0.5) is 9.59 Å². The lowest BCUT2D eigenvalue weighted by Gasteiger charge is -2.39. The summed E-state index contributed by atoms with van der Waals surface area (Å²) in [4.78, 5) is 74.5. The first-order valence-corrected chi connectivity index (χ1v) is 24.4. The molecule has 6 aliphatic rings. The minimum absolute atomic E-state index is 0.0249. The van der Waals surface area contributed by atoms with Crippen LogP contribution in [-0.2, 0) is 28.5 Å².